The highest BCUT2D eigenvalue weighted by Gasteiger charge is 2.50. The van der Waals surface area contributed by atoms with Crippen LogP contribution in [-0.4, -0.2) is 28.7 Å². The van der Waals surface area contributed by atoms with E-state index >= 15 is 0 Å². The zero-order valence-electron chi connectivity index (χ0n) is 11.5. The maximum absolute atomic E-state index is 12.4. The lowest BCUT2D eigenvalue weighted by atomic mass is 10.0. The Balaban J connectivity index is 1.84. The molecule has 5 nitrogen and oxygen atoms in total. The topological polar surface area (TPSA) is 63.2 Å². The van der Waals surface area contributed by atoms with Gasteiger partial charge in [0.1, 0.15) is 0 Å². The third-order valence-electron chi connectivity index (χ3n) is 3.84. The van der Waals surface area contributed by atoms with Crippen molar-refractivity contribution in [3.05, 3.63) is 75.8 Å². The van der Waals surface area contributed by atoms with Crippen LogP contribution >= 0.6 is 0 Å². The summed E-state index contributed by atoms with van der Waals surface area (Å²) in [5.41, 5.74) is 1.53. The first-order valence-corrected chi connectivity index (χ1v) is 6.65. The van der Waals surface area contributed by atoms with Gasteiger partial charge in [0.15, 0.2) is 5.78 Å². The number of nitro groups is 1. The molecule has 0 aromatic heterocycles. The van der Waals surface area contributed by atoms with Crippen molar-refractivity contribution in [2.75, 3.05) is 7.05 Å². The number of non-ortho nitro benzene ring substituents is 1. The molecule has 0 aliphatic carbocycles. The fraction of sp³-hybridized carbons (Fsp3) is 0.188. The number of hydrogen-bond acceptors (Lipinski definition) is 4. The molecule has 3 atom stereocenters. The molecule has 1 heterocycles. The number of nitrogens with zero attached hydrogens (tertiary/aromatic N) is 2. The Morgan fingerprint density at radius 1 is 1.14 bits per heavy atom. The molecule has 2 aromatic rings. The van der Waals surface area contributed by atoms with Crippen molar-refractivity contribution < 1.29 is 9.72 Å². The number of likely N-dealkylation sites (N-methyl/N-ethyl adjacent to an activating group) is 1. The molecular formula is C16H14N2O3. The van der Waals surface area contributed by atoms with Gasteiger partial charge in [-0.3, -0.25) is 19.8 Å². The number of rotatable bonds is 4. The van der Waals surface area contributed by atoms with Gasteiger partial charge < -0.3 is 0 Å². The molecule has 0 amide bonds. The molecule has 21 heavy (non-hydrogen) atoms. The minimum absolute atomic E-state index is 0.0506. The zero-order valence-corrected chi connectivity index (χ0v) is 11.5. The van der Waals surface area contributed by atoms with Crippen molar-refractivity contribution in [1.29, 1.82) is 0 Å². The second kappa shape index (κ2) is 5.10. The van der Waals surface area contributed by atoms with E-state index in [1.807, 2.05) is 36.2 Å². The van der Waals surface area contributed by atoms with Crippen molar-refractivity contribution in [2.24, 2.45) is 0 Å². The minimum atomic E-state index is -0.417. The van der Waals surface area contributed by atoms with Crippen LogP contribution in [0.4, 0.5) is 5.69 Å². The van der Waals surface area contributed by atoms with E-state index in [2.05, 4.69) is 0 Å². The minimum Gasteiger partial charge on any atom is -0.292 e. The van der Waals surface area contributed by atoms with Crippen LogP contribution in [-0.2, 0) is 0 Å². The largest absolute Gasteiger partial charge is 0.292 e. The maximum atomic E-state index is 12.4. The molecule has 5 heteroatoms. The number of ketones is 1. The van der Waals surface area contributed by atoms with Gasteiger partial charge in [-0.25, -0.2) is 0 Å². The highest BCUT2D eigenvalue weighted by atomic mass is 16.6. The Hall–Kier alpha value is -2.53. The number of hydrogen-bond donors (Lipinski definition) is 0. The van der Waals surface area contributed by atoms with Crippen molar-refractivity contribution in [2.45, 2.75) is 12.1 Å². The Labute approximate surface area is 122 Å². The number of Topliss-reactive ketones (excluding diaryl/α,β-unsaturated/α-hetero) is 1. The molecule has 0 spiro atoms. The Morgan fingerprint density at radius 3 is 2.52 bits per heavy atom. The van der Waals surface area contributed by atoms with Crippen molar-refractivity contribution in [3.8, 4) is 0 Å². The summed E-state index contributed by atoms with van der Waals surface area (Å²) in [7, 11) is 1.86. The average molecular weight is 282 g/mol. The van der Waals surface area contributed by atoms with E-state index < -0.39 is 4.92 Å². The van der Waals surface area contributed by atoms with E-state index in [0.717, 1.165) is 5.56 Å². The molecule has 1 unspecified atom stereocenters. The molecule has 1 saturated heterocycles. The Kier molecular flexibility index (Phi) is 3.27. The third-order valence-corrected chi connectivity index (χ3v) is 3.84. The first-order chi connectivity index (χ1) is 10.1. The van der Waals surface area contributed by atoms with Crippen LogP contribution < -0.4 is 0 Å². The van der Waals surface area contributed by atoms with E-state index in [1.165, 1.54) is 6.07 Å². The highest BCUT2D eigenvalue weighted by molar-refractivity contribution is 6.02. The monoisotopic (exact) mass is 282 g/mol. The van der Waals surface area contributed by atoms with Gasteiger partial charge in [0.25, 0.3) is 5.69 Å². The Morgan fingerprint density at radius 2 is 1.86 bits per heavy atom. The van der Waals surface area contributed by atoms with E-state index in [4.69, 9.17) is 0 Å². The molecule has 0 saturated carbocycles. The van der Waals surface area contributed by atoms with Gasteiger partial charge in [-0.1, -0.05) is 42.5 Å². The summed E-state index contributed by atoms with van der Waals surface area (Å²) < 4.78 is 0. The number of nitro benzene ring substituents is 1. The zero-order chi connectivity index (χ0) is 15.0. The summed E-state index contributed by atoms with van der Waals surface area (Å²) in [6.07, 6.45) is 0. The number of carbonyl (C=O) groups excluding carboxylic acids is 1. The fourth-order valence-corrected chi connectivity index (χ4v) is 2.68. The van der Waals surface area contributed by atoms with Crippen molar-refractivity contribution in [1.82, 2.24) is 4.90 Å². The molecule has 0 radical (unpaired) electrons. The van der Waals surface area contributed by atoms with Gasteiger partial charge in [0, 0.05) is 17.7 Å². The van der Waals surface area contributed by atoms with Gasteiger partial charge in [-0.05, 0) is 12.6 Å². The van der Waals surface area contributed by atoms with Gasteiger partial charge >= 0.3 is 0 Å². The summed E-state index contributed by atoms with van der Waals surface area (Å²) in [5.74, 6) is 0.0506. The van der Waals surface area contributed by atoms with Gasteiger partial charge in [0.2, 0.25) is 0 Å². The van der Waals surface area contributed by atoms with Gasteiger partial charge in [0.05, 0.1) is 17.0 Å². The van der Waals surface area contributed by atoms with Crippen LogP contribution in [0.5, 0.6) is 0 Å². The molecule has 1 aliphatic heterocycles. The van der Waals surface area contributed by atoms with E-state index in [-0.39, 0.29) is 23.6 Å². The van der Waals surface area contributed by atoms with Crippen molar-refractivity contribution >= 4 is 11.5 Å². The third kappa shape index (κ3) is 2.43. The maximum Gasteiger partial charge on any atom is 0.269 e. The first-order valence-electron chi connectivity index (χ1n) is 6.65. The van der Waals surface area contributed by atoms with E-state index in [0.29, 0.717) is 5.56 Å². The number of carbonyl (C=O) groups is 1. The van der Waals surface area contributed by atoms with E-state index in [9.17, 15) is 14.9 Å². The lowest BCUT2D eigenvalue weighted by Crippen LogP contribution is -2.11. The molecule has 1 aliphatic rings. The smallest absolute Gasteiger partial charge is 0.269 e. The summed E-state index contributed by atoms with van der Waals surface area (Å²) in [6, 6.07) is 15.3. The molecule has 0 N–H and O–H groups in total. The average Bonchev–Trinajstić information content (AvgIpc) is 3.18. The summed E-state index contributed by atoms with van der Waals surface area (Å²) in [4.78, 5) is 24.8. The SMILES string of the molecule is CN1[C@H](C(=O)c2ccccc2)[C@@H]1c1cccc([N+](=O)[O-])c1. The predicted octanol–water partition coefficient (Wildman–Crippen LogP) is 2.83. The van der Waals surface area contributed by atoms with Gasteiger partial charge in [-0.2, -0.15) is 0 Å². The van der Waals surface area contributed by atoms with Crippen LogP contribution in [0, 0.1) is 10.1 Å². The van der Waals surface area contributed by atoms with Crippen LogP contribution in [0.1, 0.15) is 22.0 Å². The highest BCUT2D eigenvalue weighted by Crippen LogP contribution is 2.43. The van der Waals surface area contributed by atoms with Crippen LogP contribution in [0.25, 0.3) is 0 Å². The van der Waals surface area contributed by atoms with Crippen molar-refractivity contribution in [3.63, 3.8) is 0 Å². The molecule has 2 aromatic carbocycles. The second-order valence-corrected chi connectivity index (χ2v) is 5.14. The summed E-state index contributed by atoms with van der Waals surface area (Å²) in [5, 5.41) is 10.8. The Bertz CT molecular complexity index is 700. The van der Waals surface area contributed by atoms with Crippen LogP contribution in [0.2, 0.25) is 0 Å². The van der Waals surface area contributed by atoms with Crippen LogP contribution in [0.15, 0.2) is 54.6 Å². The molecule has 3 rings (SSSR count). The first kappa shape index (κ1) is 13.5. The van der Waals surface area contributed by atoms with Crippen LogP contribution in [0.3, 0.4) is 0 Å². The molecular weight excluding hydrogens is 268 g/mol. The lowest BCUT2D eigenvalue weighted by Gasteiger charge is -1.99. The molecule has 106 valence electrons. The molecule has 0 bridgehead atoms. The number of benzene rings is 2. The summed E-state index contributed by atoms with van der Waals surface area (Å²) in [6.45, 7) is 0. The second-order valence-electron chi connectivity index (χ2n) is 5.14. The summed E-state index contributed by atoms with van der Waals surface area (Å²) >= 11 is 0. The fourth-order valence-electron chi connectivity index (χ4n) is 2.68. The lowest BCUT2D eigenvalue weighted by molar-refractivity contribution is -0.384. The van der Waals surface area contributed by atoms with E-state index in [1.54, 1.807) is 24.3 Å². The van der Waals surface area contributed by atoms with Gasteiger partial charge in [-0.15, -0.1) is 0 Å². The molecule has 1 fully saturated rings. The predicted molar refractivity (Wildman–Crippen MR) is 78.2 cm³/mol. The normalized spacial score (nSPS) is 23.6. The standard InChI is InChI=1S/C16H14N2O3/c1-17-14(12-8-5-9-13(10-12)18(20)21)15(17)16(19)11-6-3-2-4-7-11/h2-10,14-15H,1H3/t14-,15-,17?/m0/s1. The quantitative estimate of drug-likeness (QED) is 0.374.